The zero-order chi connectivity index (χ0) is 15.9. The first-order valence-corrected chi connectivity index (χ1v) is 7.55. The zero-order valence-electron chi connectivity index (χ0n) is 14.2. The van der Waals surface area contributed by atoms with Gasteiger partial charge < -0.3 is 19.5 Å². The Kier molecular flexibility index (Phi) is 6.99. The summed E-state index contributed by atoms with van der Waals surface area (Å²) in [5.41, 5.74) is 0.992. The Balaban J connectivity index is 2.72. The van der Waals surface area contributed by atoms with Crippen molar-refractivity contribution in [1.82, 2.24) is 5.32 Å². The number of methoxy groups -OCH3 is 1. The van der Waals surface area contributed by atoms with Crippen LogP contribution in [0.25, 0.3) is 0 Å². The first-order valence-electron chi connectivity index (χ1n) is 7.55. The van der Waals surface area contributed by atoms with Crippen LogP contribution in [0.4, 0.5) is 0 Å². The molecule has 4 heteroatoms. The van der Waals surface area contributed by atoms with Crippen LogP contribution in [0.1, 0.15) is 46.2 Å². The molecule has 0 aliphatic heterocycles. The minimum atomic E-state index is -0.141. The minimum Gasteiger partial charge on any atom is -0.497 e. The van der Waals surface area contributed by atoms with Crippen molar-refractivity contribution in [2.24, 2.45) is 0 Å². The third kappa shape index (κ3) is 6.36. The van der Waals surface area contributed by atoms with E-state index in [2.05, 4.69) is 19.2 Å². The van der Waals surface area contributed by atoms with Gasteiger partial charge >= 0.3 is 0 Å². The molecule has 0 radical (unpaired) electrons. The number of ether oxygens (including phenoxy) is 3. The Morgan fingerprint density at radius 2 is 1.90 bits per heavy atom. The molecule has 1 rings (SSSR count). The van der Waals surface area contributed by atoms with Crippen LogP contribution >= 0.6 is 0 Å². The fourth-order valence-corrected chi connectivity index (χ4v) is 2.04. The third-order valence-corrected chi connectivity index (χ3v) is 3.07. The molecular formula is C17H29NO3. The maximum absolute atomic E-state index is 5.90. The lowest BCUT2D eigenvalue weighted by Gasteiger charge is -2.21. The number of nitrogens with one attached hydrogen (secondary N) is 1. The van der Waals surface area contributed by atoms with Gasteiger partial charge in [0.15, 0.2) is 0 Å². The molecule has 1 atom stereocenters. The van der Waals surface area contributed by atoms with Crippen molar-refractivity contribution in [2.45, 2.75) is 46.3 Å². The molecule has 0 saturated heterocycles. The second-order valence-electron chi connectivity index (χ2n) is 5.99. The average molecular weight is 295 g/mol. The molecule has 1 N–H and O–H groups in total. The number of benzene rings is 1. The summed E-state index contributed by atoms with van der Waals surface area (Å²) in [5.74, 6) is 1.65. The molecule has 0 fully saturated rings. The van der Waals surface area contributed by atoms with Crippen LogP contribution in [-0.4, -0.2) is 32.5 Å². The van der Waals surface area contributed by atoms with Crippen molar-refractivity contribution in [3.8, 4) is 11.5 Å². The van der Waals surface area contributed by atoms with E-state index in [1.165, 1.54) is 0 Å². The van der Waals surface area contributed by atoms with Crippen molar-refractivity contribution in [3.05, 3.63) is 23.8 Å². The minimum absolute atomic E-state index is 0.141. The predicted molar refractivity (Wildman–Crippen MR) is 86.3 cm³/mol. The molecule has 0 aliphatic rings. The molecule has 0 saturated carbocycles. The van der Waals surface area contributed by atoms with E-state index in [1.807, 2.05) is 39.0 Å². The van der Waals surface area contributed by atoms with Gasteiger partial charge in [-0.05, 0) is 40.3 Å². The Labute approximate surface area is 128 Å². The summed E-state index contributed by atoms with van der Waals surface area (Å²) >= 11 is 0. The Hall–Kier alpha value is -1.26. The monoisotopic (exact) mass is 295 g/mol. The van der Waals surface area contributed by atoms with E-state index in [4.69, 9.17) is 14.2 Å². The van der Waals surface area contributed by atoms with E-state index < -0.39 is 0 Å². The van der Waals surface area contributed by atoms with Gasteiger partial charge in [-0.1, -0.05) is 13.0 Å². The maximum Gasteiger partial charge on any atom is 0.127 e. The first kappa shape index (κ1) is 17.8. The van der Waals surface area contributed by atoms with E-state index in [0.29, 0.717) is 13.2 Å². The normalized spacial score (nSPS) is 13.0. The molecule has 1 aromatic rings. The topological polar surface area (TPSA) is 39.7 Å². The van der Waals surface area contributed by atoms with Crippen molar-refractivity contribution in [3.63, 3.8) is 0 Å². The van der Waals surface area contributed by atoms with Crippen molar-refractivity contribution < 1.29 is 14.2 Å². The summed E-state index contributed by atoms with van der Waals surface area (Å²) in [6.45, 7) is 12.3. The molecule has 0 bridgehead atoms. The van der Waals surface area contributed by atoms with Gasteiger partial charge in [0.2, 0.25) is 0 Å². The SMILES string of the molecule is CCNC(C)c1ccc(OC)cc1OCCOC(C)(C)C. The summed E-state index contributed by atoms with van der Waals surface area (Å²) in [5, 5.41) is 3.40. The van der Waals surface area contributed by atoms with E-state index in [0.717, 1.165) is 23.6 Å². The Bertz CT molecular complexity index is 427. The van der Waals surface area contributed by atoms with E-state index >= 15 is 0 Å². The molecular weight excluding hydrogens is 266 g/mol. The highest BCUT2D eigenvalue weighted by Gasteiger charge is 2.13. The summed E-state index contributed by atoms with van der Waals surface area (Å²) in [6, 6.07) is 6.17. The molecule has 0 aromatic heterocycles. The van der Waals surface area contributed by atoms with Gasteiger partial charge in [0.25, 0.3) is 0 Å². The first-order chi connectivity index (χ1) is 9.87. The number of hydrogen-bond acceptors (Lipinski definition) is 4. The molecule has 1 aromatic carbocycles. The van der Waals surface area contributed by atoms with Crippen LogP contribution in [0.3, 0.4) is 0 Å². The maximum atomic E-state index is 5.90. The molecule has 0 amide bonds. The quantitative estimate of drug-likeness (QED) is 0.744. The Morgan fingerprint density at radius 3 is 2.48 bits per heavy atom. The molecule has 0 spiro atoms. The average Bonchev–Trinajstić information content (AvgIpc) is 2.42. The van der Waals surface area contributed by atoms with Crippen molar-refractivity contribution in [1.29, 1.82) is 0 Å². The van der Waals surface area contributed by atoms with E-state index in [1.54, 1.807) is 7.11 Å². The fraction of sp³-hybridized carbons (Fsp3) is 0.647. The van der Waals surface area contributed by atoms with Crippen LogP contribution in [0, 0.1) is 0 Å². The molecule has 4 nitrogen and oxygen atoms in total. The largest absolute Gasteiger partial charge is 0.497 e. The van der Waals surface area contributed by atoms with Gasteiger partial charge in [0.1, 0.15) is 18.1 Å². The molecule has 0 aliphatic carbocycles. The van der Waals surface area contributed by atoms with Crippen molar-refractivity contribution >= 4 is 0 Å². The number of rotatable bonds is 8. The lowest BCUT2D eigenvalue weighted by atomic mass is 10.1. The third-order valence-electron chi connectivity index (χ3n) is 3.07. The van der Waals surface area contributed by atoms with Gasteiger partial charge in [0.05, 0.1) is 19.3 Å². The molecule has 120 valence electrons. The standard InChI is InChI=1S/C17H29NO3/c1-7-18-13(2)15-9-8-14(19-6)12-16(15)20-10-11-21-17(3,4)5/h8-9,12-13,18H,7,10-11H2,1-6H3. The highest BCUT2D eigenvalue weighted by atomic mass is 16.5. The van der Waals surface area contributed by atoms with Gasteiger partial charge in [0, 0.05) is 17.7 Å². The lowest BCUT2D eigenvalue weighted by Crippen LogP contribution is -2.23. The molecule has 0 heterocycles. The second kappa shape index (κ2) is 8.25. The highest BCUT2D eigenvalue weighted by Crippen LogP contribution is 2.29. The summed E-state index contributed by atoms with van der Waals surface area (Å²) < 4.78 is 16.9. The van der Waals surface area contributed by atoms with Crippen LogP contribution in [0.15, 0.2) is 18.2 Å². The van der Waals surface area contributed by atoms with Crippen LogP contribution < -0.4 is 14.8 Å². The van der Waals surface area contributed by atoms with Gasteiger partial charge in [-0.15, -0.1) is 0 Å². The fourth-order valence-electron chi connectivity index (χ4n) is 2.04. The van der Waals surface area contributed by atoms with Crippen LogP contribution in [-0.2, 0) is 4.74 Å². The van der Waals surface area contributed by atoms with Crippen LogP contribution in [0.2, 0.25) is 0 Å². The molecule has 21 heavy (non-hydrogen) atoms. The summed E-state index contributed by atoms with van der Waals surface area (Å²) in [4.78, 5) is 0. The van der Waals surface area contributed by atoms with Crippen molar-refractivity contribution in [2.75, 3.05) is 26.9 Å². The molecule has 1 unspecified atom stereocenters. The van der Waals surface area contributed by atoms with Gasteiger partial charge in [-0.25, -0.2) is 0 Å². The second-order valence-corrected chi connectivity index (χ2v) is 5.99. The van der Waals surface area contributed by atoms with E-state index in [-0.39, 0.29) is 11.6 Å². The van der Waals surface area contributed by atoms with Crippen LogP contribution in [0.5, 0.6) is 11.5 Å². The highest BCUT2D eigenvalue weighted by molar-refractivity contribution is 5.42. The smallest absolute Gasteiger partial charge is 0.127 e. The van der Waals surface area contributed by atoms with Gasteiger partial charge in [-0.3, -0.25) is 0 Å². The van der Waals surface area contributed by atoms with Gasteiger partial charge in [-0.2, -0.15) is 0 Å². The summed E-state index contributed by atoms with van der Waals surface area (Å²) in [6.07, 6.45) is 0. The predicted octanol–water partition coefficient (Wildman–Crippen LogP) is 3.56. The Morgan fingerprint density at radius 1 is 1.19 bits per heavy atom. The number of hydrogen-bond donors (Lipinski definition) is 1. The summed E-state index contributed by atoms with van der Waals surface area (Å²) in [7, 11) is 1.66. The zero-order valence-corrected chi connectivity index (χ0v) is 14.2. The lowest BCUT2D eigenvalue weighted by molar-refractivity contribution is -0.0164. The van der Waals surface area contributed by atoms with E-state index in [9.17, 15) is 0 Å².